The maximum absolute atomic E-state index is 11.7. The molecule has 0 N–H and O–H groups in total. The standard InChI is InChI=1S/C13H15ClN2O2S/c1-9(14)13-15-11-4-2-3-5-12(11)16(13)10-6-7-19(17,18)8-10/h2-5,9-10H,6-8H2,1H3. The first-order chi connectivity index (χ1) is 8.98. The lowest BCUT2D eigenvalue weighted by atomic mass is 10.2. The van der Waals surface area contributed by atoms with Crippen molar-refractivity contribution in [3.63, 3.8) is 0 Å². The monoisotopic (exact) mass is 298 g/mol. The smallest absolute Gasteiger partial charge is 0.152 e. The van der Waals surface area contributed by atoms with Crippen LogP contribution < -0.4 is 0 Å². The van der Waals surface area contributed by atoms with E-state index in [2.05, 4.69) is 4.98 Å². The zero-order valence-corrected chi connectivity index (χ0v) is 12.2. The zero-order chi connectivity index (χ0) is 13.6. The predicted molar refractivity (Wildman–Crippen MR) is 76.3 cm³/mol. The van der Waals surface area contributed by atoms with Crippen molar-refractivity contribution in [2.45, 2.75) is 24.8 Å². The molecule has 6 heteroatoms. The average Bonchev–Trinajstić information content (AvgIpc) is 2.89. The Labute approximate surface area is 117 Å². The summed E-state index contributed by atoms with van der Waals surface area (Å²) >= 11 is 6.20. The van der Waals surface area contributed by atoms with Crippen LogP contribution in [-0.2, 0) is 9.84 Å². The Bertz CT molecular complexity index is 721. The molecule has 3 rings (SSSR count). The van der Waals surface area contributed by atoms with Gasteiger partial charge in [0.15, 0.2) is 9.84 Å². The number of alkyl halides is 1. The van der Waals surface area contributed by atoms with Crippen LogP contribution in [0.1, 0.15) is 30.6 Å². The molecule has 0 aliphatic carbocycles. The first-order valence-corrected chi connectivity index (χ1v) is 8.55. The number of nitrogens with zero attached hydrogens (tertiary/aromatic N) is 2. The van der Waals surface area contributed by atoms with Gasteiger partial charge >= 0.3 is 0 Å². The van der Waals surface area contributed by atoms with Crippen LogP contribution in [0.2, 0.25) is 0 Å². The van der Waals surface area contributed by atoms with Gasteiger partial charge in [0.25, 0.3) is 0 Å². The number of rotatable bonds is 2. The van der Waals surface area contributed by atoms with Crippen molar-refractivity contribution < 1.29 is 8.42 Å². The van der Waals surface area contributed by atoms with Crippen molar-refractivity contribution in [3.05, 3.63) is 30.1 Å². The Morgan fingerprint density at radius 1 is 1.42 bits per heavy atom. The molecule has 1 aromatic heterocycles. The van der Waals surface area contributed by atoms with Gasteiger partial charge in [-0.05, 0) is 25.5 Å². The second-order valence-electron chi connectivity index (χ2n) is 5.00. The number of para-hydroxylation sites is 2. The molecule has 2 unspecified atom stereocenters. The van der Waals surface area contributed by atoms with Crippen molar-refractivity contribution in [2.24, 2.45) is 0 Å². The highest BCUT2D eigenvalue weighted by Gasteiger charge is 2.32. The number of fused-ring (bicyclic) bond motifs is 1. The fraction of sp³-hybridized carbons (Fsp3) is 0.462. The number of halogens is 1. The molecule has 2 aromatic rings. The van der Waals surface area contributed by atoms with E-state index in [4.69, 9.17) is 11.6 Å². The van der Waals surface area contributed by atoms with Crippen LogP contribution >= 0.6 is 11.6 Å². The largest absolute Gasteiger partial charge is 0.323 e. The van der Waals surface area contributed by atoms with Gasteiger partial charge in [-0.25, -0.2) is 13.4 Å². The number of sulfone groups is 1. The lowest BCUT2D eigenvalue weighted by Crippen LogP contribution is -2.14. The summed E-state index contributed by atoms with van der Waals surface area (Å²) in [5.41, 5.74) is 1.83. The van der Waals surface area contributed by atoms with Crippen LogP contribution in [0.3, 0.4) is 0 Å². The van der Waals surface area contributed by atoms with Crippen LogP contribution in [0.4, 0.5) is 0 Å². The normalized spacial score (nSPS) is 23.8. The van der Waals surface area contributed by atoms with E-state index in [9.17, 15) is 8.42 Å². The van der Waals surface area contributed by atoms with E-state index in [1.54, 1.807) is 0 Å². The van der Waals surface area contributed by atoms with Gasteiger partial charge in [-0.2, -0.15) is 0 Å². The summed E-state index contributed by atoms with van der Waals surface area (Å²) in [5.74, 6) is 1.19. The molecular formula is C13H15ClN2O2S. The second kappa shape index (κ2) is 4.49. The SMILES string of the molecule is CC(Cl)c1nc2ccccc2n1C1CCS(=O)(=O)C1. The van der Waals surface area contributed by atoms with Crippen molar-refractivity contribution in [1.82, 2.24) is 9.55 Å². The maximum atomic E-state index is 11.7. The van der Waals surface area contributed by atoms with Crippen LogP contribution in [-0.4, -0.2) is 29.5 Å². The molecule has 2 heterocycles. The summed E-state index contributed by atoms with van der Waals surface area (Å²) in [6.45, 7) is 1.86. The van der Waals surface area contributed by atoms with Crippen LogP contribution in [0.25, 0.3) is 11.0 Å². The van der Waals surface area contributed by atoms with Gasteiger partial charge in [-0.1, -0.05) is 12.1 Å². The van der Waals surface area contributed by atoms with E-state index >= 15 is 0 Å². The van der Waals surface area contributed by atoms with E-state index in [1.807, 2.05) is 35.8 Å². The minimum Gasteiger partial charge on any atom is -0.323 e. The Morgan fingerprint density at radius 3 is 2.79 bits per heavy atom. The van der Waals surface area contributed by atoms with Crippen molar-refractivity contribution in [2.75, 3.05) is 11.5 Å². The highest BCUT2D eigenvalue weighted by atomic mass is 35.5. The average molecular weight is 299 g/mol. The molecule has 1 saturated heterocycles. The zero-order valence-electron chi connectivity index (χ0n) is 10.6. The molecule has 0 radical (unpaired) electrons. The van der Waals surface area contributed by atoms with Gasteiger partial charge < -0.3 is 4.57 Å². The molecule has 4 nitrogen and oxygen atoms in total. The molecule has 2 atom stereocenters. The molecule has 102 valence electrons. The Morgan fingerprint density at radius 2 is 2.16 bits per heavy atom. The third-order valence-electron chi connectivity index (χ3n) is 3.55. The van der Waals surface area contributed by atoms with Crippen molar-refractivity contribution >= 4 is 32.5 Å². The van der Waals surface area contributed by atoms with Crippen LogP contribution in [0.15, 0.2) is 24.3 Å². The number of aromatic nitrogens is 2. The Hall–Kier alpha value is -1.07. The number of hydrogen-bond acceptors (Lipinski definition) is 3. The molecule has 0 bridgehead atoms. The summed E-state index contributed by atoms with van der Waals surface area (Å²) < 4.78 is 25.4. The minimum absolute atomic E-state index is 0.0476. The summed E-state index contributed by atoms with van der Waals surface area (Å²) in [6, 6.07) is 7.71. The summed E-state index contributed by atoms with van der Waals surface area (Å²) in [6.07, 6.45) is 0.638. The molecule has 1 aliphatic rings. The Balaban J connectivity index is 2.18. The lowest BCUT2D eigenvalue weighted by molar-refractivity contribution is 0.545. The molecule has 1 aromatic carbocycles. The molecule has 0 saturated carbocycles. The van der Waals surface area contributed by atoms with E-state index < -0.39 is 9.84 Å². The van der Waals surface area contributed by atoms with Gasteiger partial charge in [-0.3, -0.25) is 0 Å². The topological polar surface area (TPSA) is 52.0 Å². The number of hydrogen-bond donors (Lipinski definition) is 0. The quantitative estimate of drug-likeness (QED) is 0.801. The van der Waals surface area contributed by atoms with E-state index in [1.165, 1.54) is 0 Å². The fourth-order valence-electron chi connectivity index (χ4n) is 2.71. The fourth-order valence-corrected chi connectivity index (χ4v) is 4.56. The van der Waals surface area contributed by atoms with Crippen molar-refractivity contribution in [1.29, 1.82) is 0 Å². The molecule has 19 heavy (non-hydrogen) atoms. The van der Waals surface area contributed by atoms with Gasteiger partial charge in [0.1, 0.15) is 5.82 Å². The molecule has 0 spiro atoms. The second-order valence-corrected chi connectivity index (χ2v) is 7.88. The third-order valence-corrected chi connectivity index (χ3v) is 5.50. The van der Waals surface area contributed by atoms with Gasteiger partial charge in [0.2, 0.25) is 0 Å². The van der Waals surface area contributed by atoms with Crippen molar-refractivity contribution in [3.8, 4) is 0 Å². The molecular weight excluding hydrogens is 284 g/mol. The van der Waals surface area contributed by atoms with Gasteiger partial charge in [-0.15, -0.1) is 11.6 Å². The van der Waals surface area contributed by atoms with E-state index in [0.717, 1.165) is 16.9 Å². The third kappa shape index (κ3) is 2.25. The summed E-state index contributed by atoms with van der Waals surface area (Å²) in [4.78, 5) is 4.54. The van der Waals surface area contributed by atoms with Gasteiger partial charge in [0.05, 0.1) is 34.0 Å². The molecule has 1 fully saturated rings. The van der Waals surface area contributed by atoms with Crippen LogP contribution in [0.5, 0.6) is 0 Å². The van der Waals surface area contributed by atoms with Crippen LogP contribution in [0, 0.1) is 0 Å². The first-order valence-electron chi connectivity index (χ1n) is 6.29. The molecule has 1 aliphatic heterocycles. The van der Waals surface area contributed by atoms with Gasteiger partial charge in [0, 0.05) is 0 Å². The highest BCUT2D eigenvalue weighted by molar-refractivity contribution is 7.91. The van der Waals surface area contributed by atoms with E-state index in [-0.39, 0.29) is 22.9 Å². The number of imidazole rings is 1. The maximum Gasteiger partial charge on any atom is 0.152 e. The first kappa shape index (κ1) is 12.9. The molecule has 0 amide bonds. The van der Waals surface area contributed by atoms with E-state index in [0.29, 0.717) is 6.42 Å². The number of benzene rings is 1. The summed E-state index contributed by atoms with van der Waals surface area (Å²) in [7, 11) is -2.92. The minimum atomic E-state index is -2.92. The Kier molecular flexibility index (Phi) is 3.06. The predicted octanol–water partition coefficient (Wildman–Crippen LogP) is 2.70. The highest BCUT2D eigenvalue weighted by Crippen LogP contribution is 2.33. The summed E-state index contributed by atoms with van der Waals surface area (Å²) in [5, 5.41) is -0.240. The lowest BCUT2D eigenvalue weighted by Gasteiger charge is -2.16.